The van der Waals surface area contributed by atoms with Crippen molar-refractivity contribution in [2.45, 2.75) is 6.61 Å². The molecule has 0 spiro atoms. The number of nitrogens with one attached hydrogen (secondary N) is 1. The molecule has 0 aliphatic rings. The quantitative estimate of drug-likeness (QED) is 0.171. The van der Waals surface area contributed by atoms with E-state index in [9.17, 15) is 35.1 Å². The van der Waals surface area contributed by atoms with E-state index < -0.39 is 26.4 Å². The number of carbonyl (C=O) groups excluding carboxylic acids is 1. The lowest BCUT2D eigenvalue weighted by atomic mass is 10.1. The molecule has 1 amide bonds. The first kappa shape index (κ1) is 26.2. The maximum absolute atomic E-state index is 12.4. The Morgan fingerprint density at radius 2 is 1.62 bits per heavy atom. The Kier molecular flexibility index (Phi) is 7.42. The highest BCUT2D eigenvalue weighted by molar-refractivity contribution is 5.97. The summed E-state index contributed by atoms with van der Waals surface area (Å²) < 4.78 is 16.3. The Labute approximate surface area is 217 Å². The highest BCUT2D eigenvalue weighted by Crippen LogP contribution is 2.34. The van der Waals surface area contributed by atoms with E-state index in [0.717, 1.165) is 12.3 Å². The molecule has 3 aromatic carbocycles. The maximum atomic E-state index is 12.4. The lowest BCUT2D eigenvalue weighted by molar-refractivity contribution is -0.385. The standard InChI is InChI=1S/C24H17N5O10/c1-37-21-10-16(12-25-26-24(30)23-9-15-8-18(28(33)34)6-7-20(15)39-23)19(29(35)36)11-22(21)38-13-14-2-4-17(5-3-14)27(31)32/h2-12H,13H2,1H3,(H,26,30)/b25-12+. The Hall–Kier alpha value is -5.86. The number of benzene rings is 3. The van der Waals surface area contributed by atoms with E-state index in [0.29, 0.717) is 10.9 Å². The van der Waals surface area contributed by atoms with Crippen molar-refractivity contribution < 1.29 is 33.5 Å². The molecule has 1 aromatic heterocycles. The minimum Gasteiger partial charge on any atom is -0.493 e. The number of hydrogen-bond donors (Lipinski definition) is 1. The Balaban J connectivity index is 1.50. The number of carbonyl (C=O) groups is 1. The molecule has 1 heterocycles. The van der Waals surface area contributed by atoms with E-state index in [1.807, 2.05) is 0 Å². The summed E-state index contributed by atoms with van der Waals surface area (Å²) in [5, 5.41) is 37.5. The minimum atomic E-state index is -0.789. The van der Waals surface area contributed by atoms with Gasteiger partial charge in [0.2, 0.25) is 0 Å². The van der Waals surface area contributed by atoms with Crippen LogP contribution in [-0.4, -0.2) is 34.0 Å². The van der Waals surface area contributed by atoms with Gasteiger partial charge >= 0.3 is 5.91 Å². The number of fused-ring (bicyclic) bond motifs is 1. The molecule has 0 aliphatic carbocycles. The van der Waals surface area contributed by atoms with Crippen LogP contribution >= 0.6 is 0 Å². The van der Waals surface area contributed by atoms with Gasteiger partial charge in [-0.2, -0.15) is 5.10 Å². The number of rotatable bonds is 10. The SMILES string of the molecule is COc1cc(/C=N/NC(=O)c2cc3cc([N+](=O)[O-])ccc3o2)c([N+](=O)[O-])cc1OCc1ccc([N+](=O)[O-])cc1. The molecule has 0 unspecified atom stereocenters. The number of amides is 1. The molecule has 15 nitrogen and oxygen atoms in total. The van der Waals surface area contributed by atoms with E-state index in [2.05, 4.69) is 10.5 Å². The van der Waals surface area contributed by atoms with Crippen LogP contribution in [0.15, 0.2) is 70.2 Å². The van der Waals surface area contributed by atoms with Crippen LogP contribution in [0.25, 0.3) is 11.0 Å². The minimum absolute atomic E-state index is 0.0138. The number of methoxy groups -OCH3 is 1. The number of ether oxygens (including phenoxy) is 2. The monoisotopic (exact) mass is 535 g/mol. The molecule has 4 rings (SSSR count). The van der Waals surface area contributed by atoms with Gasteiger partial charge in [-0.25, -0.2) is 5.43 Å². The van der Waals surface area contributed by atoms with Crippen LogP contribution < -0.4 is 14.9 Å². The molecule has 1 N–H and O–H groups in total. The van der Waals surface area contributed by atoms with Crippen molar-refractivity contribution in [1.29, 1.82) is 0 Å². The van der Waals surface area contributed by atoms with Gasteiger partial charge in [-0.3, -0.25) is 35.1 Å². The van der Waals surface area contributed by atoms with Gasteiger partial charge in [0.05, 0.1) is 39.7 Å². The van der Waals surface area contributed by atoms with Crippen LogP contribution in [0.2, 0.25) is 0 Å². The van der Waals surface area contributed by atoms with E-state index in [1.165, 1.54) is 61.7 Å². The second-order valence-corrected chi connectivity index (χ2v) is 7.82. The summed E-state index contributed by atoms with van der Waals surface area (Å²) >= 11 is 0. The topological polar surface area (TPSA) is 202 Å². The van der Waals surface area contributed by atoms with Crippen LogP contribution in [0.5, 0.6) is 11.5 Å². The predicted octanol–water partition coefficient (Wildman–Crippen LogP) is 4.51. The summed E-state index contributed by atoms with van der Waals surface area (Å²) in [5.41, 5.74) is 2.34. The molecule has 15 heteroatoms. The van der Waals surface area contributed by atoms with Gasteiger partial charge in [0.1, 0.15) is 12.2 Å². The molecule has 0 radical (unpaired) electrons. The highest BCUT2D eigenvalue weighted by Gasteiger charge is 2.20. The van der Waals surface area contributed by atoms with Crippen molar-refractivity contribution in [3.05, 3.63) is 108 Å². The number of nitrogens with zero attached hydrogens (tertiary/aromatic N) is 4. The Morgan fingerprint density at radius 3 is 2.26 bits per heavy atom. The van der Waals surface area contributed by atoms with E-state index in [-0.39, 0.29) is 46.4 Å². The largest absolute Gasteiger partial charge is 0.493 e. The number of nitro benzene ring substituents is 3. The normalized spacial score (nSPS) is 10.9. The van der Waals surface area contributed by atoms with Gasteiger partial charge in [-0.1, -0.05) is 0 Å². The Bertz CT molecular complexity index is 1630. The van der Waals surface area contributed by atoms with Crippen LogP contribution in [0.4, 0.5) is 17.1 Å². The summed E-state index contributed by atoms with van der Waals surface area (Å²) in [6, 6.07) is 13.2. The molecule has 0 fully saturated rings. The fourth-order valence-electron chi connectivity index (χ4n) is 3.45. The van der Waals surface area contributed by atoms with E-state index in [4.69, 9.17) is 13.9 Å². The number of furan rings is 1. The maximum Gasteiger partial charge on any atom is 0.307 e. The van der Waals surface area contributed by atoms with Gasteiger partial charge < -0.3 is 13.9 Å². The zero-order valence-corrected chi connectivity index (χ0v) is 19.9. The second kappa shape index (κ2) is 11.0. The molecule has 4 aromatic rings. The molecule has 39 heavy (non-hydrogen) atoms. The third kappa shape index (κ3) is 5.93. The fraction of sp³-hybridized carbons (Fsp3) is 0.0833. The van der Waals surface area contributed by atoms with Crippen molar-refractivity contribution in [2.24, 2.45) is 5.10 Å². The van der Waals surface area contributed by atoms with Crippen molar-refractivity contribution in [1.82, 2.24) is 5.43 Å². The van der Waals surface area contributed by atoms with Crippen LogP contribution in [0.3, 0.4) is 0 Å². The fourth-order valence-corrected chi connectivity index (χ4v) is 3.45. The molecule has 0 bridgehead atoms. The van der Waals surface area contributed by atoms with Gasteiger partial charge in [0, 0.05) is 29.7 Å². The van der Waals surface area contributed by atoms with Crippen molar-refractivity contribution in [2.75, 3.05) is 7.11 Å². The highest BCUT2D eigenvalue weighted by atomic mass is 16.6. The first-order valence-electron chi connectivity index (χ1n) is 10.9. The first-order valence-corrected chi connectivity index (χ1v) is 10.9. The lowest BCUT2D eigenvalue weighted by Crippen LogP contribution is -2.16. The molecule has 0 aliphatic heterocycles. The number of hydrogen-bond acceptors (Lipinski definition) is 11. The van der Waals surface area contributed by atoms with Crippen LogP contribution in [0, 0.1) is 30.3 Å². The third-order valence-electron chi connectivity index (χ3n) is 5.36. The number of nitro groups is 3. The smallest absolute Gasteiger partial charge is 0.307 e. The Morgan fingerprint density at radius 1 is 0.923 bits per heavy atom. The molecule has 0 saturated heterocycles. The molecular formula is C24H17N5O10. The van der Waals surface area contributed by atoms with Gasteiger partial charge in [0.25, 0.3) is 17.1 Å². The van der Waals surface area contributed by atoms with Gasteiger partial charge in [-0.05, 0) is 35.9 Å². The first-order chi connectivity index (χ1) is 18.7. The summed E-state index contributed by atoms with van der Waals surface area (Å²) in [7, 11) is 1.33. The van der Waals surface area contributed by atoms with Crippen molar-refractivity contribution in [3.63, 3.8) is 0 Å². The van der Waals surface area contributed by atoms with Crippen LogP contribution in [0.1, 0.15) is 21.7 Å². The van der Waals surface area contributed by atoms with Crippen molar-refractivity contribution in [3.8, 4) is 11.5 Å². The zero-order valence-electron chi connectivity index (χ0n) is 19.9. The van der Waals surface area contributed by atoms with Gasteiger partial charge in [0.15, 0.2) is 17.3 Å². The van der Waals surface area contributed by atoms with Crippen LogP contribution in [-0.2, 0) is 6.61 Å². The van der Waals surface area contributed by atoms with Crippen molar-refractivity contribution >= 4 is 40.2 Å². The summed E-state index contributed by atoms with van der Waals surface area (Å²) in [5.74, 6) is -0.790. The average Bonchev–Trinajstić information content (AvgIpc) is 3.35. The molecular weight excluding hydrogens is 518 g/mol. The molecule has 0 atom stereocenters. The zero-order chi connectivity index (χ0) is 28.1. The second-order valence-electron chi connectivity index (χ2n) is 7.82. The summed E-state index contributed by atoms with van der Waals surface area (Å²) in [4.78, 5) is 44.0. The lowest BCUT2D eigenvalue weighted by Gasteiger charge is -2.12. The summed E-state index contributed by atoms with van der Waals surface area (Å²) in [6.45, 7) is -0.0460. The van der Waals surface area contributed by atoms with E-state index in [1.54, 1.807) is 0 Å². The predicted molar refractivity (Wildman–Crippen MR) is 135 cm³/mol. The molecule has 0 saturated carbocycles. The average molecular weight is 535 g/mol. The van der Waals surface area contributed by atoms with E-state index >= 15 is 0 Å². The number of non-ortho nitro benzene ring substituents is 2. The third-order valence-corrected chi connectivity index (χ3v) is 5.36. The van der Waals surface area contributed by atoms with Gasteiger partial charge in [-0.15, -0.1) is 0 Å². The summed E-state index contributed by atoms with van der Waals surface area (Å²) in [6.07, 6.45) is 1.03. The number of hydrazone groups is 1. The molecule has 198 valence electrons.